The van der Waals surface area contributed by atoms with E-state index in [4.69, 9.17) is 27.7 Å². The molecule has 0 unspecified atom stereocenters. The van der Waals surface area contributed by atoms with Crippen LogP contribution in [0, 0.1) is 31.9 Å². The number of hydrogen-bond acceptors (Lipinski definition) is 31. The topological polar surface area (TPSA) is 459 Å². The van der Waals surface area contributed by atoms with Gasteiger partial charge in [-0.2, -0.15) is 59.7 Å². The van der Waals surface area contributed by atoms with Gasteiger partial charge in [-0.25, -0.2) is 76.1 Å². The van der Waals surface area contributed by atoms with Gasteiger partial charge in [-0.15, -0.1) is 10.2 Å². The van der Waals surface area contributed by atoms with E-state index in [2.05, 4.69) is 126 Å². The molecule has 0 radical (unpaired) electrons. The number of carbonyl (C=O) groups excluding carboxylic acids is 8. The summed E-state index contributed by atoms with van der Waals surface area (Å²) in [7, 11) is 7.11. The molecular formula is C92H118BrF9LiN27O14. The van der Waals surface area contributed by atoms with Gasteiger partial charge in [0.1, 0.15) is 17.0 Å². The normalized spacial score (nSPS) is 16.3. The predicted octanol–water partition coefficient (Wildman–Crippen LogP) is 9.42. The van der Waals surface area contributed by atoms with Crippen molar-refractivity contribution in [3.8, 4) is 22.5 Å². The molecule has 7 fully saturated rings. The Morgan fingerprint density at radius 1 is 0.535 bits per heavy atom. The van der Waals surface area contributed by atoms with Crippen LogP contribution in [0.15, 0.2) is 79.4 Å². The van der Waals surface area contributed by atoms with Gasteiger partial charge in [-0.05, 0) is 204 Å². The van der Waals surface area contributed by atoms with Crippen LogP contribution < -0.4 is 40.1 Å². The number of ether oxygens (including phenoxy) is 5. The van der Waals surface area contributed by atoms with Gasteiger partial charge in [-0.1, -0.05) is 28.1 Å². The van der Waals surface area contributed by atoms with E-state index in [1.807, 2.05) is 120 Å². The summed E-state index contributed by atoms with van der Waals surface area (Å²) in [6.45, 7) is 41.1. The third-order valence-electron chi connectivity index (χ3n) is 22.2. The molecule has 5 aliphatic heterocycles. The molecule has 0 spiro atoms. The molecule has 9 aromatic heterocycles. The number of nitrogens with zero attached hydrogens (tertiary/aromatic N) is 23. The minimum Gasteiger partial charge on any atom is -0.870 e. The first-order valence-corrected chi connectivity index (χ1v) is 47.1. The Kier molecular flexibility index (Phi) is 41.7. The summed E-state index contributed by atoms with van der Waals surface area (Å²) in [5.41, 5.74) is 2.16. The van der Waals surface area contributed by atoms with Gasteiger partial charge in [0, 0.05) is 130 Å². The largest absolute Gasteiger partial charge is 1.00 e. The number of pyridine rings is 2. The van der Waals surface area contributed by atoms with Gasteiger partial charge >= 0.3 is 67.5 Å². The van der Waals surface area contributed by atoms with Crippen LogP contribution in [-0.4, -0.2) is 306 Å². The average molecular weight is 2080 g/mol. The summed E-state index contributed by atoms with van der Waals surface area (Å²) in [4.78, 5) is 139. The number of fused-ring (bicyclic) bond motifs is 2. The van der Waals surface area contributed by atoms with E-state index in [0.717, 1.165) is 125 Å². The molecular weight excluding hydrogens is 1970 g/mol. The van der Waals surface area contributed by atoms with Crippen molar-refractivity contribution in [3.05, 3.63) is 154 Å². The van der Waals surface area contributed by atoms with Gasteiger partial charge in [0.2, 0.25) is 54.3 Å². The van der Waals surface area contributed by atoms with Crippen LogP contribution in [0.3, 0.4) is 0 Å². The van der Waals surface area contributed by atoms with E-state index in [1.54, 1.807) is 64.8 Å². The summed E-state index contributed by atoms with van der Waals surface area (Å²) in [6, 6.07) is 15.9. The molecule has 5 N–H and O–H groups in total. The molecule has 9 aromatic rings. The molecule has 16 rings (SSSR count). The number of rotatable bonds is 21. The van der Waals surface area contributed by atoms with Gasteiger partial charge < -0.3 is 64.2 Å². The number of esters is 3. The summed E-state index contributed by atoms with van der Waals surface area (Å²) in [6.07, 6.45) is 1.68. The van der Waals surface area contributed by atoms with Crippen LogP contribution in [0.5, 0.6) is 0 Å². The quantitative estimate of drug-likeness (QED) is 0.0130. The van der Waals surface area contributed by atoms with Gasteiger partial charge in [0.15, 0.2) is 39.5 Å². The maximum Gasteiger partial charge on any atom is 1.00 e. The molecule has 4 amide bonds. The van der Waals surface area contributed by atoms with Crippen LogP contribution in [0.25, 0.3) is 43.5 Å². The fourth-order valence-electron chi connectivity index (χ4n) is 15.3. The molecule has 52 heteroatoms. The monoisotopic (exact) mass is 2080 g/mol. The van der Waals surface area contributed by atoms with Crippen LogP contribution in [-0.2, 0) is 79.5 Å². The van der Waals surface area contributed by atoms with E-state index in [-0.39, 0.29) is 132 Å². The summed E-state index contributed by atoms with van der Waals surface area (Å²) < 4.78 is 144. The number of alkyl halides is 10. The minimum absolute atomic E-state index is 0. The molecule has 5 saturated heterocycles. The molecule has 41 nitrogen and oxygen atoms in total. The van der Waals surface area contributed by atoms with Crippen molar-refractivity contribution in [2.45, 2.75) is 198 Å². The number of amides is 4. The maximum atomic E-state index is 12.6. The van der Waals surface area contributed by atoms with Gasteiger partial charge in [-0.3, -0.25) is 44.2 Å². The third kappa shape index (κ3) is 33.1. The fraction of sp³-hybridized carbons (Fsp3) is 0.565. The zero-order valence-corrected chi connectivity index (χ0v) is 84.3. The molecule has 14 heterocycles. The molecule has 0 atom stereocenters. The molecule has 0 aromatic carbocycles. The Morgan fingerprint density at radius 3 is 1.26 bits per heavy atom. The second-order valence-electron chi connectivity index (χ2n) is 36.6. The number of aromatic nitrogens is 16. The van der Waals surface area contributed by atoms with E-state index < -0.39 is 76.3 Å². The standard InChI is InChI=1S/C28H35N9O3.C23H27N9O.C11H14F3N3O2.C10H17NO3.C9H8BrF3N2O2.C9H9F3N2O2.C2H7N.Li.H2O/c1-27(2,3)40-26(39)34-12-10-21(11-13-34)35-17-28(18-35,16-29-4)36-15-20(14-30-36)22-6-5-7-23-31-25(33-37(22)23)32-24(38)19-8-9-19;1-24-13-23(14-30(15-23)18-7-9-25-10-8-18)31-12-17(11-26-31)19-3-2-4-20-27-22(29-32(19)20)28-21(33)16-5-6-16;1-4-19-9(18)8-5-7(6-17(2)3)15-10(16-8)11(12,13)14;1-10(2,3)14-9(13)11-6-4-8(12)5-7-11;1-2-17-7(16)6-3-5(4-10)14-8(15-6)9(11,12)13;1-3-16-7(15)6-4-5(2)13-8(14-6)9(10,11)12;1-3-2;;/h5-7,14-15,19,21H,8-13,16-18H2,1-3H3,(H,32,33,38);2-4,11-12,16,18,25H,5-10,13-15H2,(H,28,29,33);5H,4,6H2,1-3H3;4-7H2,1-3H3;3H,2,4H2,1H3;4H,3H2,1-2H3;3H,1-2H3;;1H2/q;;;;;;;+1;/p-1. The third-order valence-corrected chi connectivity index (χ3v) is 22.8. The number of anilines is 2. The number of piperidine rings is 3. The number of halogens is 10. The Labute approximate surface area is 845 Å². The molecule has 2 aliphatic carbocycles. The molecule has 0 bridgehead atoms. The van der Waals surface area contributed by atoms with Crippen molar-refractivity contribution in [3.63, 3.8) is 0 Å². The first-order chi connectivity index (χ1) is 67.0. The van der Waals surface area contributed by atoms with Crippen LogP contribution >= 0.6 is 15.9 Å². The molecule has 7 aliphatic rings. The Hall–Kier alpha value is -12.4. The van der Waals surface area contributed by atoms with E-state index in [0.29, 0.717) is 87.4 Å². The van der Waals surface area contributed by atoms with Crippen LogP contribution in [0.1, 0.15) is 193 Å². The second kappa shape index (κ2) is 51.4. The first kappa shape index (κ1) is 117. The van der Waals surface area contributed by atoms with Crippen molar-refractivity contribution in [2.75, 3.05) is 137 Å². The fourth-order valence-corrected chi connectivity index (χ4v) is 15.6. The minimum atomic E-state index is -4.70. The summed E-state index contributed by atoms with van der Waals surface area (Å²) >= 11 is 2.97. The Balaban J connectivity index is 0.000000219. The molecule has 776 valence electrons. The van der Waals surface area contributed by atoms with Gasteiger partial charge in [0.25, 0.3) is 0 Å². The number of ketones is 1. The summed E-state index contributed by atoms with van der Waals surface area (Å²) in [5.74, 6) is -5.73. The number of hydrogen-bond donors (Lipinski definition) is 4. The van der Waals surface area contributed by atoms with Crippen molar-refractivity contribution >= 4 is 86.8 Å². The molecule has 2 saturated carbocycles. The predicted molar refractivity (Wildman–Crippen MR) is 503 cm³/mol. The number of carbonyl (C=O) groups is 8. The zero-order valence-electron chi connectivity index (χ0n) is 82.7. The van der Waals surface area contributed by atoms with Crippen LogP contribution in [0.2, 0.25) is 0 Å². The van der Waals surface area contributed by atoms with E-state index >= 15 is 0 Å². The van der Waals surface area contributed by atoms with Crippen molar-refractivity contribution < 1.29 is 126 Å². The number of Topliss-reactive ketones (excluding diaryl/α,β-unsaturated/α-hetero) is 1. The Morgan fingerprint density at radius 2 is 0.903 bits per heavy atom. The summed E-state index contributed by atoms with van der Waals surface area (Å²) in [5, 5.41) is 30.3. The number of likely N-dealkylation sites (tertiary alicyclic amines) is 4. The number of nitrogens with one attached hydrogen (secondary N) is 4. The second-order valence-corrected chi connectivity index (χ2v) is 37.1. The number of aryl methyl sites for hydroxylation is 1. The smallest absolute Gasteiger partial charge is 0.870 e. The Bertz CT molecular complexity index is 5950. The van der Waals surface area contributed by atoms with Gasteiger partial charge in [0.05, 0.1) is 55.0 Å². The van der Waals surface area contributed by atoms with Crippen LogP contribution in [0.4, 0.5) is 61.0 Å². The van der Waals surface area contributed by atoms with Crippen molar-refractivity contribution in [1.29, 1.82) is 0 Å². The van der Waals surface area contributed by atoms with E-state index in [1.165, 1.54) is 13.0 Å². The van der Waals surface area contributed by atoms with Crippen molar-refractivity contribution in [2.24, 2.45) is 11.8 Å². The zero-order chi connectivity index (χ0) is 104. The average Bonchev–Trinajstić information content (AvgIpc) is 1.47. The SMILES string of the molecule is CC(C)(C)OC(=O)N1CCC(=O)CC1.CCOC(=O)c1cc(C)nc(C(F)(F)F)n1.CCOC(=O)c1cc(CBr)nc(C(F)(F)F)n1.CCOC(=O)c1cc(CN(C)C)nc(C(F)(F)F)n1.CNC.[C-]#[N+]CC1(n2cc(-c3cccc4nc(NC(=O)C5CC5)nn34)cn2)CN(C2CCN(C(=O)OC(C)(C)C)CC2)C1.[C-]#[N+]CC1(n2cc(-c3cccc4nc(NC(=O)C5CC5)nn34)cn2)CN(C2CCNCC2)C1.[Li+].[OH-]. The maximum absolute atomic E-state index is 12.6. The first-order valence-electron chi connectivity index (χ1n) is 46.0. The van der Waals surface area contributed by atoms with E-state index in [9.17, 15) is 77.9 Å². The molecule has 144 heavy (non-hydrogen) atoms. The van der Waals surface area contributed by atoms with Crippen molar-refractivity contribution in [1.82, 2.24) is 114 Å².